The molecule has 0 saturated carbocycles. The Morgan fingerprint density at radius 3 is 2.41 bits per heavy atom. The Morgan fingerprint density at radius 1 is 1.11 bits per heavy atom. The highest BCUT2D eigenvalue weighted by Crippen LogP contribution is 2.19. The third kappa shape index (κ3) is 5.17. The molecule has 2 aromatic rings. The molecular formula is C20H27N5O2. The first-order valence-corrected chi connectivity index (χ1v) is 9.31. The predicted molar refractivity (Wildman–Crippen MR) is 107 cm³/mol. The van der Waals surface area contributed by atoms with E-state index in [4.69, 9.17) is 4.74 Å². The van der Waals surface area contributed by atoms with E-state index < -0.39 is 0 Å². The van der Waals surface area contributed by atoms with E-state index in [0.717, 1.165) is 24.7 Å². The molecule has 1 aliphatic heterocycles. The first-order valence-electron chi connectivity index (χ1n) is 9.31. The van der Waals surface area contributed by atoms with Crippen molar-refractivity contribution in [3.8, 4) is 0 Å². The van der Waals surface area contributed by atoms with Gasteiger partial charge >= 0.3 is 0 Å². The Balaban J connectivity index is 1.62. The number of amides is 1. The van der Waals surface area contributed by atoms with Crippen molar-refractivity contribution in [1.82, 2.24) is 9.97 Å². The van der Waals surface area contributed by atoms with E-state index in [2.05, 4.69) is 39.3 Å². The molecule has 2 aromatic heterocycles. The number of rotatable bonds is 5. The van der Waals surface area contributed by atoms with Crippen LogP contribution in [0.4, 0.5) is 17.3 Å². The fourth-order valence-corrected chi connectivity index (χ4v) is 3.12. The van der Waals surface area contributed by atoms with E-state index in [1.165, 1.54) is 0 Å². The average Bonchev–Trinajstić information content (AvgIpc) is 2.62. The molecule has 1 aliphatic rings. The van der Waals surface area contributed by atoms with Gasteiger partial charge in [-0.15, -0.1) is 0 Å². The molecule has 0 radical (unpaired) electrons. The van der Waals surface area contributed by atoms with Crippen LogP contribution >= 0.6 is 0 Å². The van der Waals surface area contributed by atoms with Crippen LogP contribution in [0.15, 0.2) is 36.7 Å². The summed E-state index contributed by atoms with van der Waals surface area (Å²) in [7, 11) is 0. The summed E-state index contributed by atoms with van der Waals surface area (Å²) in [5, 5.41) is 6.06. The van der Waals surface area contributed by atoms with Crippen LogP contribution in [-0.4, -0.2) is 47.2 Å². The second-order valence-corrected chi connectivity index (χ2v) is 7.25. The number of carbonyl (C=O) groups excluding carboxylic acids is 1. The van der Waals surface area contributed by atoms with Gasteiger partial charge in [0, 0.05) is 25.3 Å². The topological polar surface area (TPSA) is 79.4 Å². The number of morpholine rings is 1. The third-order valence-electron chi connectivity index (χ3n) is 4.21. The van der Waals surface area contributed by atoms with Gasteiger partial charge in [-0.3, -0.25) is 4.79 Å². The number of carbonyl (C=O) groups is 1. The lowest BCUT2D eigenvalue weighted by Gasteiger charge is -2.36. The number of nitrogens with zero attached hydrogens (tertiary/aromatic N) is 3. The summed E-state index contributed by atoms with van der Waals surface area (Å²) in [5.74, 6) is 1.44. The number of hydrogen-bond acceptors (Lipinski definition) is 6. The van der Waals surface area contributed by atoms with Gasteiger partial charge in [0.1, 0.15) is 11.6 Å². The molecule has 7 nitrogen and oxygen atoms in total. The summed E-state index contributed by atoms with van der Waals surface area (Å²) in [6.07, 6.45) is 3.58. The number of aromatic nitrogens is 2. The van der Waals surface area contributed by atoms with Crippen molar-refractivity contribution in [3.05, 3.63) is 42.2 Å². The summed E-state index contributed by atoms with van der Waals surface area (Å²) >= 11 is 0. The van der Waals surface area contributed by atoms with Gasteiger partial charge < -0.3 is 20.3 Å². The van der Waals surface area contributed by atoms with Gasteiger partial charge in [0.15, 0.2) is 0 Å². The Morgan fingerprint density at radius 2 is 1.85 bits per heavy atom. The van der Waals surface area contributed by atoms with Crippen molar-refractivity contribution < 1.29 is 9.53 Å². The highest BCUT2D eigenvalue weighted by atomic mass is 16.5. The molecular weight excluding hydrogens is 342 g/mol. The molecule has 1 saturated heterocycles. The molecule has 27 heavy (non-hydrogen) atoms. The number of nitrogens with one attached hydrogen (secondary N) is 2. The zero-order valence-corrected chi connectivity index (χ0v) is 16.3. The first kappa shape index (κ1) is 19.1. The maximum atomic E-state index is 12.4. The fourth-order valence-electron chi connectivity index (χ4n) is 3.12. The van der Waals surface area contributed by atoms with Crippen LogP contribution in [0, 0.1) is 0 Å². The molecule has 2 N–H and O–H groups in total. The van der Waals surface area contributed by atoms with Crippen molar-refractivity contribution in [3.63, 3.8) is 0 Å². The zero-order chi connectivity index (χ0) is 19.4. The van der Waals surface area contributed by atoms with Crippen LogP contribution in [0.1, 0.15) is 38.1 Å². The van der Waals surface area contributed by atoms with Crippen LogP contribution in [0.25, 0.3) is 0 Å². The Labute approximate surface area is 160 Å². The largest absolute Gasteiger partial charge is 0.372 e. The van der Waals surface area contributed by atoms with Crippen LogP contribution < -0.4 is 15.5 Å². The molecule has 2 unspecified atom stereocenters. The van der Waals surface area contributed by atoms with Crippen LogP contribution in [0.3, 0.4) is 0 Å². The molecule has 1 fully saturated rings. The van der Waals surface area contributed by atoms with E-state index in [-0.39, 0.29) is 18.1 Å². The monoisotopic (exact) mass is 369 g/mol. The molecule has 3 rings (SSSR count). The maximum Gasteiger partial charge on any atom is 0.257 e. The average molecular weight is 369 g/mol. The second-order valence-electron chi connectivity index (χ2n) is 7.25. The van der Waals surface area contributed by atoms with Gasteiger partial charge in [0.25, 0.3) is 5.91 Å². The first-order chi connectivity index (χ1) is 12.9. The number of hydrogen-bond donors (Lipinski definition) is 2. The van der Waals surface area contributed by atoms with Crippen molar-refractivity contribution >= 4 is 23.2 Å². The Hall–Kier alpha value is -2.67. The van der Waals surface area contributed by atoms with Gasteiger partial charge in [-0.1, -0.05) is 0 Å². The lowest BCUT2D eigenvalue weighted by atomic mass is 10.2. The number of anilines is 3. The molecule has 1 amide bonds. The van der Waals surface area contributed by atoms with Gasteiger partial charge in [0.05, 0.1) is 29.7 Å². The summed E-state index contributed by atoms with van der Waals surface area (Å²) in [6.45, 7) is 9.80. The third-order valence-corrected chi connectivity index (χ3v) is 4.21. The molecule has 7 heteroatoms. The second kappa shape index (κ2) is 8.35. The van der Waals surface area contributed by atoms with Crippen LogP contribution in [0.5, 0.6) is 0 Å². The molecule has 0 spiro atoms. The lowest BCUT2D eigenvalue weighted by Crippen LogP contribution is -2.45. The van der Waals surface area contributed by atoms with E-state index in [9.17, 15) is 4.79 Å². The molecule has 2 atom stereocenters. The van der Waals surface area contributed by atoms with Gasteiger partial charge in [-0.25, -0.2) is 9.97 Å². The Kier molecular flexibility index (Phi) is 5.91. The summed E-state index contributed by atoms with van der Waals surface area (Å²) in [4.78, 5) is 23.4. The maximum absolute atomic E-state index is 12.4. The minimum Gasteiger partial charge on any atom is -0.372 e. The zero-order valence-electron chi connectivity index (χ0n) is 16.3. The van der Waals surface area contributed by atoms with E-state index in [1.54, 1.807) is 18.5 Å². The summed E-state index contributed by atoms with van der Waals surface area (Å²) < 4.78 is 5.75. The highest BCUT2D eigenvalue weighted by Gasteiger charge is 2.23. The quantitative estimate of drug-likeness (QED) is 0.843. The summed E-state index contributed by atoms with van der Waals surface area (Å²) in [6, 6.07) is 7.66. The van der Waals surface area contributed by atoms with E-state index in [1.807, 2.05) is 32.0 Å². The number of ether oxygens (including phenoxy) is 1. The Bertz CT molecular complexity index is 751. The van der Waals surface area contributed by atoms with Gasteiger partial charge in [0.2, 0.25) is 0 Å². The predicted octanol–water partition coefficient (Wildman–Crippen LogP) is 3.16. The van der Waals surface area contributed by atoms with Crippen molar-refractivity contribution in [2.45, 2.75) is 45.9 Å². The SMILES string of the molecule is CC(C)Nc1ccc(NC(=O)c2ccc(N3CC(C)OC(C)C3)nc2)cn1. The molecule has 0 bridgehead atoms. The lowest BCUT2D eigenvalue weighted by molar-refractivity contribution is -0.00546. The van der Waals surface area contributed by atoms with Crippen LogP contribution in [0.2, 0.25) is 0 Å². The standard InChI is InChI=1S/C20H27N5O2/c1-13(2)23-18-7-6-17(10-21-18)24-20(26)16-5-8-19(22-9-16)25-11-14(3)27-15(4)12-25/h5-10,13-15H,11-12H2,1-4H3,(H,21,23)(H,24,26). The minimum atomic E-state index is -0.205. The number of pyridine rings is 2. The summed E-state index contributed by atoms with van der Waals surface area (Å²) in [5.41, 5.74) is 1.16. The minimum absolute atomic E-state index is 0.166. The fraction of sp³-hybridized carbons (Fsp3) is 0.450. The van der Waals surface area contributed by atoms with Crippen molar-refractivity contribution in [1.29, 1.82) is 0 Å². The molecule has 3 heterocycles. The molecule has 144 valence electrons. The van der Waals surface area contributed by atoms with Gasteiger partial charge in [-0.05, 0) is 52.0 Å². The van der Waals surface area contributed by atoms with Crippen LogP contribution in [-0.2, 0) is 4.74 Å². The van der Waals surface area contributed by atoms with Crippen molar-refractivity contribution in [2.24, 2.45) is 0 Å². The molecule has 0 aromatic carbocycles. The smallest absolute Gasteiger partial charge is 0.257 e. The van der Waals surface area contributed by atoms with E-state index >= 15 is 0 Å². The van der Waals surface area contributed by atoms with Gasteiger partial charge in [-0.2, -0.15) is 0 Å². The van der Waals surface area contributed by atoms with Crippen molar-refractivity contribution in [2.75, 3.05) is 28.6 Å². The normalized spacial score (nSPS) is 19.8. The molecule has 0 aliphatic carbocycles. The van der Waals surface area contributed by atoms with E-state index in [0.29, 0.717) is 17.3 Å². The highest BCUT2D eigenvalue weighted by molar-refractivity contribution is 6.04.